The first-order chi connectivity index (χ1) is 7.79. The Morgan fingerprint density at radius 2 is 2.25 bits per heavy atom. The highest BCUT2D eigenvalue weighted by atomic mass is 79.9. The molecule has 0 aliphatic heterocycles. The number of rotatable bonds is 4. The highest BCUT2D eigenvalue weighted by molar-refractivity contribution is 9.10. The Morgan fingerprint density at radius 1 is 1.38 bits per heavy atom. The molecule has 0 radical (unpaired) electrons. The third-order valence-corrected chi connectivity index (χ3v) is 2.87. The number of halogens is 1. The Morgan fingerprint density at radius 3 is 2.94 bits per heavy atom. The van der Waals surface area contributed by atoms with Crippen LogP contribution in [0.2, 0.25) is 0 Å². The lowest BCUT2D eigenvalue weighted by molar-refractivity contribution is 0.684. The predicted octanol–water partition coefficient (Wildman–Crippen LogP) is 2.41. The van der Waals surface area contributed by atoms with Crippen LogP contribution in [-0.4, -0.2) is 16.6 Å². The van der Waals surface area contributed by atoms with Gasteiger partial charge >= 0.3 is 0 Å². The molecular formula is C12H14BrN3. The summed E-state index contributed by atoms with van der Waals surface area (Å²) in [6.07, 6.45) is 3.91. The lowest BCUT2D eigenvalue weighted by atomic mass is 10.3. The van der Waals surface area contributed by atoms with Gasteiger partial charge in [-0.3, -0.25) is 4.98 Å². The third-order valence-electron chi connectivity index (χ3n) is 2.40. The van der Waals surface area contributed by atoms with E-state index in [1.807, 2.05) is 25.4 Å². The van der Waals surface area contributed by atoms with Gasteiger partial charge < -0.3 is 9.88 Å². The number of pyridine rings is 1. The monoisotopic (exact) mass is 279 g/mol. The van der Waals surface area contributed by atoms with Crippen molar-refractivity contribution in [2.45, 2.75) is 13.1 Å². The van der Waals surface area contributed by atoms with Crippen LogP contribution in [0.3, 0.4) is 0 Å². The van der Waals surface area contributed by atoms with Crippen LogP contribution in [-0.2, 0) is 13.1 Å². The second-order valence-corrected chi connectivity index (χ2v) is 4.54. The summed E-state index contributed by atoms with van der Waals surface area (Å²) in [5, 5.41) is 3.16. The molecule has 0 fully saturated rings. The summed E-state index contributed by atoms with van der Waals surface area (Å²) in [7, 11) is 1.95. The molecule has 0 atom stereocenters. The molecule has 0 saturated heterocycles. The van der Waals surface area contributed by atoms with Crippen molar-refractivity contribution in [2.24, 2.45) is 0 Å². The maximum Gasteiger partial charge on any atom is 0.0645 e. The standard InChI is InChI=1S/C12H14BrN3/c1-14-8-12-3-2-6-16(12)9-11-5-4-10(13)7-15-11/h2-7,14H,8-9H2,1H3. The maximum atomic E-state index is 4.37. The molecule has 84 valence electrons. The molecule has 0 saturated carbocycles. The van der Waals surface area contributed by atoms with Crippen molar-refractivity contribution in [3.05, 3.63) is 52.5 Å². The fourth-order valence-electron chi connectivity index (χ4n) is 1.62. The Kier molecular flexibility index (Phi) is 3.74. The van der Waals surface area contributed by atoms with Crippen LogP contribution in [0.4, 0.5) is 0 Å². The van der Waals surface area contributed by atoms with Gasteiger partial charge in [-0.1, -0.05) is 0 Å². The molecule has 0 spiro atoms. The number of aromatic nitrogens is 2. The Labute approximate surface area is 104 Å². The fourth-order valence-corrected chi connectivity index (χ4v) is 1.85. The minimum Gasteiger partial charge on any atom is -0.344 e. The molecule has 0 bridgehead atoms. The molecule has 16 heavy (non-hydrogen) atoms. The summed E-state index contributed by atoms with van der Waals surface area (Å²) in [6, 6.07) is 8.23. The zero-order chi connectivity index (χ0) is 11.4. The van der Waals surface area contributed by atoms with Gasteiger partial charge in [-0.25, -0.2) is 0 Å². The highest BCUT2D eigenvalue weighted by Gasteiger charge is 2.01. The second-order valence-electron chi connectivity index (χ2n) is 3.63. The quantitative estimate of drug-likeness (QED) is 0.932. The van der Waals surface area contributed by atoms with E-state index in [9.17, 15) is 0 Å². The van der Waals surface area contributed by atoms with Gasteiger partial charge in [0, 0.05) is 29.1 Å². The molecule has 2 aromatic heterocycles. The van der Waals surface area contributed by atoms with Crippen LogP contribution in [0.25, 0.3) is 0 Å². The van der Waals surface area contributed by atoms with E-state index < -0.39 is 0 Å². The molecule has 0 aliphatic rings. The second kappa shape index (κ2) is 5.27. The van der Waals surface area contributed by atoms with Crippen LogP contribution < -0.4 is 5.32 Å². The van der Waals surface area contributed by atoms with Gasteiger partial charge in [-0.2, -0.15) is 0 Å². The number of hydrogen-bond acceptors (Lipinski definition) is 2. The normalized spacial score (nSPS) is 10.6. The third kappa shape index (κ3) is 2.71. The van der Waals surface area contributed by atoms with Crippen LogP contribution in [0.5, 0.6) is 0 Å². The Hall–Kier alpha value is -1.13. The lowest BCUT2D eigenvalue weighted by Gasteiger charge is -2.08. The molecular weight excluding hydrogens is 266 g/mol. The van der Waals surface area contributed by atoms with E-state index in [1.54, 1.807) is 0 Å². The van der Waals surface area contributed by atoms with Crippen molar-refractivity contribution in [1.29, 1.82) is 0 Å². The molecule has 2 rings (SSSR count). The van der Waals surface area contributed by atoms with E-state index in [1.165, 1.54) is 5.69 Å². The summed E-state index contributed by atoms with van der Waals surface area (Å²) in [5.74, 6) is 0. The first kappa shape index (κ1) is 11.4. The maximum absolute atomic E-state index is 4.37. The van der Waals surface area contributed by atoms with Gasteiger partial charge in [-0.15, -0.1) is 0 Å². The number of nitrogens with zero attached hydrogens (tertiary/aromatic N) is 2. The number of hydrogen-bond donors (Lipinski definition) is 1. The van der Waals surface area contributed by atoms with E-state index in [2.05, 4.69) is 49.1 Å². The average Bonchev–Trinajstić information content (AvgIpc) is 2.70. The van der Waals surface area contributed by atoms with Crippen molar-refractivity contribution in [1.82, 2.24) is 14.9 Å². The van der Waals surface area contributed by atoms with Gasteiger partial charge in [0.25, 0.3) is 0 Å². The van der Waals surface area contributed by atoms with Gasteiger partial charge in [0.15, 0.2) is 0 Å². The van der Waals surface area contributed by atoms with Crippen molar-refractivity contribution in [3.8, 4) is 0 Å². The molecule has 0 unspecified atom stereocenters. The molecule has 0 aromatic carbocycles. The van der Waals surface area contributed by atoms with Crippen molar-refractivity contribution in [2.75, 3.05) is 7.05 Å². The highest BCUT2D eigenvalue weighted by Crippen LogP contribution is 2.10. The Balaban J connectivity index is 2.13. The van der Waals surface area contributed by atoms with Crippen LogP contribution in [0, 0.1) is 0 Å². The Bertz CT molecular complexity index is 448. The van der Waals surface area contributed by atoms with Gasteiger partial charge in [0.1, 0.15) is 0 Å². The van der Waals surface area contributed by atoms with Gasteiger partial charge in [0.2, 0.25) is 0 Å². The summed E-state index contributed by atoms with van der Waals surface area (Å²) < 4.78 is 3.21. The van der Waals surface area contributed by atoms with Gasteiger partial charge in [-0.05, 0) is 47.2 Å². The predicted molar refractivity (Wildman–Crippen MR) is 68.2 cm³/mol. The van der Waals surface area contributed by atoms with Crippen LogP contribution >= 0.6 is 15.9 Å². The molecule has 4 heteroatoms. The van der Waals surface area contributed by atoms with E-state index >= 15 is 0 Å². The van der Waals surface area contributed by atoms with E-state index in [-0.39, 0.29) is 0 Å². The molecule has 2 aromatic rings. The molecule has 2 heterocycles. The summed E-state index contributed by atoms with van der Waals surface area (Å²) in [6.45, 7) is 1.70. The van der Waals surface area contributed by atoms with E-state index in [0.717, 1.165) is 23.3 Å². The minimum atomic E-state index is 0.817. The van der Waals surface area contributed by atoms with Crippen molar-refractivity contribution >= 4 is 15.9 Å². The summed E-state index contributed by atoms with van der Waals surface area (Å²) >= 11 is 3.38. The topological polar surface area (TPSA) is 29.9 Å². The number of nitrogens with one attached hydrogen (secondary N) is 1. The first-order valence-corrected chi connectivity index (χ1v) is 5.98. The zero-order valence-electron chi connectivity index (χ0n) is 9.15. The van der Waals surface area contributed by atoms with Gasteiger partial charge in [0.05, 0.1) is 12.2 Å². The van der Waals surface area contributed by atoms with E-state index in [0.29, 0.717) is 0 Å². The first-order valence-electron chi connectivity index (χ1n) is 5.18. The van der Waals surface area contributed by atoms with Crippen molar-refractivity contribution in [3.63, 3.8) is 0 Å². The fraction of sp³-hybridized carbons (Fsp3) is 0.250. The molecule has 3 nitrogen and oxygen atoms in total. The molecule has 0 amide bonds. The largest absolute Gasteiger partial charge is 0.344 e. The smallest absolute Gasteiger partial charge is 0.0645 e. The molecule has 1 N–H and O–H groups in total. The SMILES string of the molecule is CNCc1cccn1Cc1ccc(Br)cn1. The molecule has 0 aliphatic carbocycles. The summed E-state index contributed by atoms with van der Waals surface area (Å²) in [5.41, 5.74) is 2.34. The average molecular weight is 280 g/mol. The van der Waals surface area contributed by atoms with Crippen LogP contribution in [0.15, 0.2) is 41.1 Å². The lowest BCUT2D eigenvalue weighted by Crippen LogP contribution is -2.11. The minimum absolute atomic E-state index is 0.817. The van der Waals surface area contributed by atoms with Crippen molar-refractivity contribution < 1.29 is 0 Å². The van der Waals surface area contributed by atoms with E-state index in [4.69, 9.17) is 0 Å². The zero-order valence-corrected chi connectivity index (χ0v) is 10.7. The van der Waals surface area contributed by atoms with Crippen LogP contribution in [0.1, 0.15) is 11.4 Å². The summed E-state index contributed by atoms with van der Waals surface area (Å²) in [4.78, 5) is 4.37.